The van der Waals surface area contributed by atoms with Crippen LogP contribution in [-0.4, -0.2) is 49.7 Å². The van der Waals surface area contributed by atoms with Crippen molar-refractivity contribution in [3.05, 3.63) is 70.8 Å². The van der Waals surface area contributed by atoms with E-state index in [1.54, 1.807) is 55.5 Å². The lowest BCUT2D eigenvalue weighted by Crippen LogP contribution is -2.30. The summed E-state index contributed by atoms with van der Waals surface area (Å²) >= 11 is 0. The van der Waals surface area contributed by atoms with Gasteiger partial charge in [-0.25, -0.2) is 0 Å². The number of rotatable bonds is 10. The first-order valence-corrected chi connectivity index (χ1v) is 9.12. The van der Waals surface area contributed by atoms with Gasteiger partial charge in [-0.2, -0.15) is 0 Å². The predicted molar refractivity (Wildman–Crippen MR) is 112 cm³/mol. The number of hydrogen-bond acceptors (Lipinski definition) is 5. The van der Waals surface area contributed by atoms with Gasteiger partial charge in [0.2, 0.25) is 0 Å². The molecule has 8 heteroatoms. The number of carbonyl (C=O) groups excluding carboxylic acids is 2. The van der Waals surface area contributed by atoms with Crippen LogP contribution in [0.5, 0.6) is 0 Å². The molecule has 29 heavy (non-hydrogen) atoms. The van der Waals surface area contributed by atoms with E-state index in [9.17, 15) is 9.59 Å². The lowest BCUT2D eigenvalue weighted by molar-refractivity contribution is 0.0893. The number of nitrogens with two attached hydrogens (primary N) is 1. The highest BCUT2D eigenvalue weighted by Gasteiger charge is 2.07. The number of amides is 2. The number of ether oxygens (including phenoxy) is 1. The molecule has 0 radical (unpaired) electrons. The van der Waals surface area contributed by atoms with E-state index >= 15 is 0 Å². The van der Waals surface area contributed by atoms with Crippen molar-refractivity contribution in [2.45, 2.75) is 6.92 Å². The van der Waals surface area contributed by atoms with Crippen LogP contribution in [0.2, 0.25) is 0 Å². The molecule has 0 fully saturated rings. The summed E-state index contributed by atoms with van der Waals surface area (Å²) in [5.74, 6) is -0.485. The first-order valence-electron chi connectivity index (χ1n) is 9.12. The van der Waals surface area contributed by atoms with Crippen molar-refractivity contribution in [1.29, 1.82) is 10.8 Å². The van der Waals surface area contributed by atoms with Crippen LogP contribution < -0.4 is 16.4 Å². The van der Waals surface area contributed by atoms with Crippen LogP contribution in [0.25, 0.3) is 0 Å². The van der Waals surface area contributed by atoms with Crippen molar-refractivity contribution in [1.82, 2.24) is 10.6 Å². The van der Waals surface area contributed by atoms with E-state index in [2.05, 4.69) is 10.6 Å². The van der Waals surface area contributed by atoms with E-state index in [4.69, 9.17) is 21.3 Å². The minimum absolute atomic E-state index is 0.0454. The van der Waals surface area contributed by atoms with Crippen LogP contribution in [0.4, 0.5) is 0 Å². The first-order chi connectivity index (χ1) is 13.9. The molecule has 0 bridgehead atoms. The highest BCUT2D eigenvalue weighted by Crippen LogP contribution is 2.05. The second-order valence-corrected chi connectivity index (χ2v) is 6.32. The molecule has 2 aromatic rings. The Morgan fingerprint density at radius 2 is 1.17 bits per heavy atom. The third-order valence-electron chi connectivity index (χ3n) is 4.10. The minimum Gasteiger partial charge on any atom is -0.384 e. The van der Waals surface area contributed by atoms with Gasteiger partial charge in [0.15, 0.2) is 0 Å². The van der Waals surface area contributed by atoms with Crippen LogP contribution in [0.1, 0.15) is 38.8 Å². The van der Waals surface area contributed by atoms with E-state index in [-0.39, 0.29) is 17.6 Å². The molecule has 0 aromatic heterocycles. The second kappa shape index (κ2) is 10.7. The average molecular weight is 395 g/mol. The van der Waals surface area contributed by atoms with Gasteiger partial charge in [-0.05, 0) is 36.8 Å². The van der Waals surface area contributed by atoms with E-state index in [1.807, 2.05) is 0 Å². The van der Waals surface area contributed by atoms with Crippen LogP contribution in [0.3, 0.4) is 0 Å². The monoisotopic (exact) mass is 395 g/mol. The van der Waals surface area contributed by atoms with E-state index < -0.39 is 0 Å². The van der Waals surface area contributed by atoms with Crippen molar-refractivity contribution in [3.63, 3.8) is 0 Å². The highest BCUT2D eigenvalue weighted by atomic mass is 16.5. The Balaban J connectivity index is 1.60. The lowest BCUT2D eigenvalue weighted by Gasteiger charge is -2.08. The van der Waals surface area contributed by atoms with Crippen molar-refractivity contribution < 1.29 is 14.3 Å². The summed E-state index contributed by atoms with van der Waals surface area (Å²) < 4.78 is 5.41. The summed E-state index contributed by atoms with van der Waals surface area (Å²) in [4.78, 5) is 24.0. The normalized spacial score (nSPS) is 10.2. The summed E-state index contributed by atoms with van der Waals surface area (Å²) in [7, 11) is 0. The lowest BCUT2D eigenvalue weighted by atomic mass is 10.1. The Morgan fingerprint density at radius 1 is 0.793 bits per heavy atom. The number of benzene rings is 2. The number of nitrogens with one attached hydrogen (secondary N) is 4. The molecule has 0 saturated carbocycles. The molecule has 0 unspecified atom stereocenters. The van der Waals surface area contributed by atoms with Gasteiger partial charge in [0.05, 0.1) is 13.2 Å². The Morgan fingerprint density at radius 3 is 1.55 bits per heavy atom. The molecule has 152 valence electrons. The average Bonchev–Trinajstić information content (AvgIpc) is 2.72. The first kappa shape index (κ1) is 21.8. The fraction of sp³-hybridized carbons (Fsp3) is 0.238. The standard InChI is InChI=1S/C21H25N5O3/c1-14(22)15-2-6-17(7-3-15)20(27)25-10-12-29-13-11-26-21(28)18-8-4-16(5-9-18)19(23)24/h2-9,22H,10-13H2,1H3,(H3,23,24)(H,25,27)(H,26,28). The number of carbonyl (C=O) groups is 2. The third-order valence-corrected chi connectivity index (χ3v) is 4.10. The molecule has 0 aliphatic carbocycles. The number of hydrogen-bond donors (Lipinski definition) is 5. The maximum Gasteiger partial charge on any atom is 0.251 e. The fourth-order valence-electron chi connectivity index (χ4n) is 2.45. The summed E-state index contributed by atoms with van der Waals surface area (Å²) in [5.41, 5.74) is 8.17. The summed E-state index contributed by atoms with van der Waals surface area (Å²) in [6.07, 6.45) is 0. The van der Waals surface area contributed by atoms with Gasteiger partial charge in [0.1, 0.15) is 5.84 Å². The molecular formula is C21H25N5O3. The molecule has 0 heterocycles. The zero-order valence-electron chi connectivity index (χ0n) is 16.2. The van der Waals surface area contributed by atoms with Gasteiger partial charge >= 0.3 is 0 Å². The molecule has 8 nitrogen and oxygen atoms in total. The quantitative estimate of drug-likeness (QED) is 0.236. The van der Waals surface area contributed by atoms with Gasteiger partial charge in [0.25, 0.3) is 11.8 Å². The van der Waals surface area contributed by atoms with Crippen molar-refractivity contribution in [2.24, 2.45) is 5.73 Å². The molecule has 0 aliphatic rings. The Bertz CT molecular complexity index is 803. The van der Waals surface area contributed by atoms with Gasteiger partial charge in [-0.1, -0.05) is 24.3 Å². The number of amidine groups is 1. The van der Waals surface area contributed by atoms with Crippen LogP contribution in [-0.2, 0) is 4.74 Å². The van der Waals surface area contributed by atoms with E-state index in [0.29, 0.717) is 48.7 Å². The minimum atomic E-state index is -0.236. The maximum absolute atomic E-state index is 12.0. The second-order valence-electron chi connectivity index (χ2n) is 6.32. The molecule has 0 aliphatic heterocycles. The summed E-state index contributed by atoms with van der Waals surface area (Å²) in [6, 6.07) is 13.3. The summed E-state index contributed by atoms with van der Waals surface area (Å²) in [5, 5.41) is 20.4. The van der Waals surface area contributed by atoms with Crippen LogP contribution in [0.15, 0.2) is 48.5 Å². The van der Waals surface area contributed by atoms with Gasteiger partial charge in [-0.15, -0.1) is 0 Å². The Hall–Kier alpha value is -3.52. The fourth-order valence-corrected chi connectivity index (χ4v) is 2.45. The third kappa shape index (κ3) is 6.86. The zero-order chi connectivity index (χ0) is 21.2. The molecule has 2 rings (SSSR count). The molecule has 2 amide bonds. The van der Waals surface area contributed by atoms with Gasteiger partial charge < -0.3 is 26.5 Å². The molecule has 2 aromatic carbocycles. The topological polar surface area (TPSA) is 141 Å². The maximum atomic E-state index is 12.0. The SMILES string of the molecule is CC(=N)c1ccc(C(=O)NCCOCCNC(=O)c2ccc(C(=N)N)cc2)cc1. The van der Waals surface area contributed by atoms with Crippen LogP contribution >= 0.6 is 0 Å². The molecule has 6 N–H and O–H groups in total. The van der Waals surface area contributed by atoms with Crippen molar-refractivity contribution in [2.75, 3.05) is 26.3 Å². The van der Waals surface area contributed by atoms with Crippen LogP contribution in [0, 0.1) is 10.8 Å². The molecule has 0 saturated heterocycles. The molecule has 0 spiro atoms. The van der Waals surface area contributed by atoms with E-state index in [0.717, 1.165) is 5.56 Å². The Kier molecular flexibility index (Phi) is 8.05. The largest absolute Gasteiger partial charge is 0.384 e. The predicted octanol–water partition coefficient (Wildman–Crippen LogP) is 1.53. The smallest absolute Gasteiger partial charge is 0.251 e. The molecule has 0 atom stereocenters. The molecular weight excluding hydrogens is 370 g/mol. The van der Waals surface area contributed by atoms with Gasteiger partial charge in [0, 0.05) is 35.5 Å². The zero-order valence-corrected chi connectivity index (χ0v) is 16.2. The van der Waals surface area contributed by atoms with Gasteiger partial charge in [-0.3, -0.25) is 15.0 Å². The van der Waals surface area contributed by atoms with Crippen molar-refractivity contribution >= 4 is 23.4 Å². The van der Waals surface area contributed by atoms with E-state index in [1.165, 1.54) is 0 Å². The Labute approximate surface area is 169 Å². The summed E-state index contributed by atoms with van der Waals surface area (Å²) in [6.45, 7) is 3.03. The highest BCUT2D eigenvalue weighted by molar-refractivity contribution is 5.99. The van der Waals surface area contributed by atoms with Crippen molar-refractivity contribution in [3.8, 4) is 0 Å². The number of nitrogen functional groups attached to an aromatic ring is 1.